The Labute approximate surface area is 127 Å². The van der Waals surface area contributed by atoms with E-state index in [0.29, 0.717) is 18.3 Å². The van der Waals surface area contributed by atoms with Gasteiger partial charge < -0.3 is 15.4 Å². The maximum atomic E-state index is 11.8. The summed E-state index contributed by atoms with van der Waals surface area (Å²) in [7, 11) is 0. The molecule has 5 heteroatoms. The van der Waals surface area contributed by atoms with Crippen molar-refractivity contribution in [2.24, 2.45) is 5.92 Å². The summed E-state index contributed by atoms with van der Waals surface area (Å²) in [5.74, 6) is 1.06. The minimum atomic E-state index is 0.00594. The van der Waals surface area contributed by atoms with E-state index in [1.54, 1.807) is 6.20 Å². The number of carbonyl (C=O) groups is 1. The van der Waals surface area contributed by atoms with Crippen LogP contribution in [0.3, 0.4) is 0 Å². The molecule has 0 saturated carbocycles. The minimum absolute atomic E-state index is 0.00594. The van der Waals surface area contributed by atoms with Crippen molar-refractivity contribution in [1.82, 2.24) is 15.6 Å². The van der Waals surface area contributed by atoms with Gasteiger partial charge in [-0.2, -0.15) is 0 Å². The SMILES string of the molecule is CC(C)Oc1ncccc1CNCC(=O)NC(C)C(C)C. The van der Waals surface area contributed by atoms with Gasteiger partial charge in [0.05, 0.1) is 12.6 Å². The van der Waals surface area contributed by atoms with Crippen molar-refractivity contribution in [3.63, 3.8) is 0 Å². The number of pyridine rings is 1. The molecule has 21 heavy (non-hydrogen) atoms. The molecule has 1 rings (SSSR count). The van der Waals surface area contributed by atoms with Crippen LogP contribution in [-0.2, 0) is 11.3 Å². The third-order valence-corrected chi connectivity index (χ3v) is 3.19. The number of aromatic nitrogens is 1. The van der Waals surface area contributed by atoms with E-state index in [2.05, 4.69) is 29.5 Å². The van der Waals surface area contributed by atoms with E-state index in [1.165, 1.54) is 0 Å². The second-order valence-electron chi connectivity index (χ2n) is 5.84. The average molecular weight is 293 g/mol. The summed E-state index contributed by atoms with van der Waals surface area (Å²) in [5, 5.41) is 6.09. The van der Waals surface area contributed by atoms with Gasteiger partial charge >= 0.3 is 0 Å². The molecule has 1 amide bonds. The molecular weight excluding hydrogens is 266 g/mol. The monoisotopic (exact) mass is 293 g/mol. The highest BCUT2D eigenvalue weighted by Crippen LogP contribution is 2.15. The molecule has 5 nitrogen and oxygen atoms in total. The van der Waals surface area contributed by atoms with E-state index < -0.39 is 0 Å². The number of nitrogens with zero attached hydrogens (tertiary/aromatic N) is 1. The van der Waals surface area contributed by atoms with Crippen LogP contribution < -0.4 is 15.4 Å². The lowest BCUT2D eigenvalue weighted by Crippen LogP contribution is -2.41. The first-order valence-corrected chi connectivity index (χ1v) is 7.50. The van der Waals surface area contributed by atoms with Gasteiger partial charge in [-0.3, -0.25) is 4.79 Å². The van der Waals surface area contributed by atoms with Crippen LogP contribution >= 0.6 is 0 Å². The quantitative estimate of drug-likeness (QED) is 0.770. The van der Waals surface area contributed by atoms with E-state index in [-0.39, 0.29) is 24.6 Å². The van der Waals surface area contributed by atoms with Crippen molar-refractivity contribution in [2.75, 3.05) is 6.54 Å². The highest BCUT2D eigenvalue weighted by Gasteiger charge is 2.11. The maximum Gasteiger partial charge on any atom is 0.234 e. The lowest BCUT2D eigenvalue weighted by Gasteiger charge is -2.18. The van der Waals surface area contributed by atoms with E-state index >= 15 is 0 Å². The zero-order valence-electron chi connectivity index (χ0n) is 13.6. The van der Waals surface area contributed by atoms with Crippen LogP contribution in [0.1, 0.15) is 40.2 Å². The van der Waals surface area contributed by atoms with Gasteiger partial charge in [-0.15, -0.1) is 0 Å². The number of rotatable bonds is 8. The molecule has 1 heterocycles. The van der Waals surface area contributed by atoms with Gasteiger partial charge in [0.25, 0.3) is 0 Å². The van der Waals surface area contributed by atoms with Crippen LogP contribution in [0.15, 0.2) is 18.3 Å². The molecule has 0 aromatic carbocycles. The molecule has 0 fully saturated rings. The molecule has 1 atom stereocenters. The largest absolute Gasteiger partial charge is 0.475 e. The fourth-order valence-corrected chi connectivity index (χ4v) is 1.67. The third-order valence-electron chi connectivity index (χ3n) is 3.19. The predicted molar refractivity (Wildman–Crippen MR) is 84.2 cm³/mol. The van der Waals surface area contributed by atoms with Crippen LogP contribution in [0.4, 0.5) is 0 Å². The number of amides is 1. The standard InChI is InChI=1S/C16H27N3O2/c1-11(2)13(5)19-15(20)10-17-9-14-7-6-8-18-16(14)21-12(3)4/h6-8,11-13,17H,9-10H2,1-5H3,(H,19,20). The fraction of sp³-hybridized carbons (Fsp3) is 0.625. The summed E-state index contributed by atoms with van der Waals surface area (Å²) in [4.78, 5) is 16.0. The topological polar surface area (TPSA) is 63.2 Å². The normalized spacial score (nSPS) is 12.5. The highest BCUT2D eigenvalue weighted by molar-refractivity contribution is 5.78. The Morgan fingerprint density at radius 1 is 1.29 bits per heavy atom. The molecule has 0 aliphatic heterocycles. The van der Waals surface area contributed by atoms with Crippen molar-refractivity contribution in [1.29, 1.82) is 0 Å². The smallest absolute Gasteiger partial charge is 0.234 e. The molecule has 0 bridgehead atoms. The van der Waals surface area contributed by atoms with Gasteiger partial charge in [-0.05, 0) is 32.8 Å². The van der Waals surface area contributed by atoms with Crippen molar-refractivity contribution in [3.05, 3.63) is 23.9 Å². The molecule has 0 saturated heterocycles. The van der Waals surface area contributed by atoms with Gasteiger partial charge in [-0.25, -0.2) is 4.98 Å². The minimum Gasteiger partial charge on any atom is -0.475 e. The van der Waals surface area contributed by atoms with Crippen LogP contribution in [0.2, 0.25) is 0 Å². The number of nitrogens with one attached hydrogen (secondary N) is 2. The molecule has 0 radical (unpaired) electrons. The molecule has 1 unspecified atom stereocenters. The Balaban J connectivity index is 2.44. The molecule has 2 N–H and O–H groups in total. The Morgan fingerprint density at radius 2 is 2.00 bits per heavy atom. The summed E-state index contributed by atoms with van der Waals surface area (Å²) in [6.07, 6.45) is 1.78. The number of carbonyl (C=O) groups excluding carboxylic acids is 1. The molecule has 0 aliphatic carbocycles. The molecule has 0 aliphatic rings. The fourth-order valence-electron chi connectivity index (χ4n) is 1.67. The zero-order valence-corrected chi connectivity index (χ0v) is 13.6. The molecule has 1 aromatic rings. The van der Waals surface area contributed by atoms with Gasteiger partial charge in [-0.1, -0.05) is 19.9 Å². The van der Waals surface area contributed by atoms with Crippen molar-refractivity contribution >= 4 is 5.91 Å². The molecular formula is C16H27N3O2. The second kappa shape index (κ2) is 8.62. The first-order valence-electron chi connectivity index (χ1n) is 7.50. The number of hydrogen-bond donors (Lipinski definition) is 2. The molecule has 1 aromatic heterocycles. The molecule has 0 spiro atoms. The summed E-state index contributed by atoms with van der Waals surface area (Å²) in [5.41, 5.74) is 0.955. The summed E-state index contributed by atoms with van der Waals surface area (Å²) < 4.78 is 5.65. The van der Waals surface area contributed by atoms with Crippen molar-refractivity contribution in [2.45, 2.75) is 53.3 Å². The molecule has 118 valence electrons. The van der Waals surface area contributed by atoms with Crippen LogP contribution in [0.25, 0.3) is 0 Å². The maximum absolute atomic E-state index is 11.8. The van der Waals surface area contributed by atoms with Gasteiger partial charge in [0.15, 0.2) is 0 Å². The Morgan fingerprint density at radius 3 is 2.62 bits per heavy atom. The van der Waals surface area contributed by atoms with Gasteiger partial charge in [0.1, 0.15) is 0 Å². The Hall–Kier alpha value is -1.62. The van der Waals surface area contributed by atoms with Gasteiger partial charge in [0.2, 0.25) is 11.8 Å². The number of ether oxygens (including phenoxy) is 1. The Bertz CT molecular complexity index is 447. The average Bonchev–Trinajstić information content (AvgIpc) is 2.39. The van der Waals surface area contributed by atoms with Crippen molar-refractivity contribution < 1.29 is 9.53 Å². The van der Waals surface area contributed by atoms with Gasteiger partial charge in [0, 0.05) is 24.3 Å². The zero-order chi connectivity index (χ0) is 15.8. The first-order chi connectivity index (χ1) is 9.90. The second-order valence-corrected chi connectivity index (χ2v) is 5.84. The van der Waals surface area contributed by atoms with Crippen LogP contribution in [-0.4, -0.2) is 29.6 Å². The Kier molecular flexibility index (Phi) is 7.15. The third kappa shape index (κ3) is 6.58. The highest BCUT2D eigenvalue weighted by atomic mass is 16.5. The van der Waals surface area contributed by atoms with E-state index in [4.69, 9.17) is 4.74 Å². The van der Waals surface area contributed by atoms with Crippen LogP contribution in [0, 0.1) is 5.92 Å². The van der Waals surface area contributed by atoms with Crippen LogP contribution in [0.5, 0.6) is 5.88 Å². The number of hydrogen-bond acceptors (Lipinski definition) is 4. The first kappa shape index (κ1) is 17.4. The predicted octanol–water partition coefficient (Wildman–Crippen LogP) is 2.12. The lowest BCUT2D eigenvalue weighted by molar-refractivity contribution is -0.121. The summed E-state index contributed by atoms with van der Waals surface area (Å²) >= 11 is 0. The van der Waals surface area contributed by atoms with Crippen molar-refractivity contribution in [3.8, 4) is 5.88 Å². The summed E-state index contributed by atoms with van der Waals surface area (Å²) in [6, 6.07) is 4.00. The lowest BCUT2D eigenvalue weighted by atomic mass is 10.1. The van der Waals surface area contributed by atoms with E-state index in [9.17, 15) is 4.79 Å². The van der Waals surface area contributed by atoms with E-state index in [0.717, 1.165) is 5.56 Å². The summed E-state index contributed by atoms with van der Waals surface area (Å²) in [6.45, 7) is 11.0. The van der Waals surface area contributed by atoms with E-state index in [1.807, 2.05) is 32.9 Å².